The molecule has 0 aromatic heterocycles. The quantitative estimate of drug-likeness (QED) is 0.487. The SMILES string of the molecule is O=CC1=C/C(=C/C=C\[NH2+]O)CC=C1. The number of carbonyl (C=O) groups excluding carboxylic acids is 1. The van der Waals surface area contributed by atoms with Crippen LogP contribution in [-0.2, 0) is 4.79 Å². The van der Waals surface area contributed by atoms with Gasteiger partial charge in [-0.05, 0) is 24.1 Å². The molecule has 1 aliphatic carbocycles. The van der Waals surface area contributed by atoms with Crippen molar-refractivity contribution >= 4 is 6.29 Å². The van der Waals surface area contributed by atoms with E-state index in [9.17, 15) is 4.79 Å². The fourth-order valence-corrected chi connectivity index (χ4v) is 1.07. The normalized spacial score (nSPS) is 19.5. The summed E-state index contributed by atoms with van der Waals surface area (Å²) >= 11 is 0. The maximum absolute atomic E-state index is 10.4. The molecule has 1 rings (SSSR count). The Kier molecular flexibility index (Phi) is 3.88. The van der Waals surface area contributed by atoms with Crippen molar-refractivity contribution in [2.75, 3.05) is 0 Å². The summed E-state index contributed by atoms with van der Waals surface area (Å²) in [5, 5.41) is 8.37. The summed E-state index contributed by atoms with van der Waals surface area (Å²) in [5.41, 5.74) is 2.71. The molecule has 0 aliphatic heterocycles. The molecule has 0 fully saturated rings. The molecule has 0 aromatic rings. The molecule has 0 saturated heterocycles. The van der Waals surface area contributed by atoms with Gasteiger partial charge in [-0.3, -0.25) is 4.79 Å². The minimum absolute atomic E-state index is 0.680. The molecule has 0 aromatic carbocycles. The van der Waals surface area contributed by atoms with Crippen LogP contribution in [0.2, 0.25) is 0 Å². The third-order valence-corrected chi connectivity index (χ3v) is 1.66. The van der Waals surface area contributed by atoms with E-state index in [0.717, 1.165) is 23.8 Å². The zero-order valence-corrected chi connectivity index (χ0v) is 7.18. The van der Waals surface area contributed by atoms with Crippen molar-refractivity contribution in [1.29, 1.82) is 0 Å². The van der Waals surface area contributed by atoms with Gasteiger partial charge in [-0.15, -0.1) is 0 Å². The van der Waals surface area contributed by atoms with Gasteiger partial charge in [-0.2, -0.15) is 5.48 Å². The number of aldehydes is 1. The maximum atomic E-state index is 10.4. The zero-order chi connectivity index (χ0) is 9.52. The molecular weight excluding hydrogens is 166 g/mol. The second-order valence-corrected chi connectivity index (χ2v) is 2.64. The fourth-order valence-electron chi connectivity index (χ4n) is 1.07. The number of nitrogens with two attached hydrogens (primary N) is 1. The van der Waals surface area contributed by atoms with Crippen molar-refractivity contribution in [1.82, 2.24) is 0 Å². The molecule has 3 nitrogen and oxygen atoms in total. The van der Waals surface area contributed by atoms with Gasteiger partial charge >= 0.3 is 0 Å². The molecule has 0 heterocycles. The highest BCUT2D eigenvalue weighted by Crippen LogP contribution is 2.14. The molecule has 0 saturated carbocycles. The van der Waals surface area contributed by atoms with Gasteiger partial charge in [0.25, 0.3) is 0 Å². The first kappa shape index (κ1) is 9.64. The number of carbonyl (C=O) groups is 1. The average molecular weight is 178 g/mol. The summed E-state index contributed by atoms with van der Waals surface area (Å²) in [4.78, 5) is 10.4. The Labute approximate surface area is 76.7 Å². The molecule has 0 amide bonds. The standard InChI is InChI=1S/C10H11NO2/c12-8-10-4-1-3-9(7-10)5-2-6-11-13/h1-2,4-8,11,13H,3H2/p+1/b6-2-,9-5+. The molecule has 0 radical (unpaired) electrons. The van der Waals surface area contributed by atoms with E-state index in [2.05, 4.69) is 0 Å². The summed E-state index contributed by atoms with van der Waals surface area (Å²) < 4.78 is 0. The third kappa shape index (κ3) is 3.19. The summed E-state index contributed by atoms with van der Waals surface area (Å²) in [7, 11) is 0. The van der Waals surface area contributed by atoms with E-state index in [1.165, 1.54) is 6.20 Å². The first-order chi connectivity index (χ1) is 6.36. The first-order valence-electron chi connectivity index (χ1n) is 4.03. The molecule has 3 heteroatoms. The van der Waals surface area contributed by atoms with Crippen molar-refractivity contribution < 1.29 is 15.5 Å². The van der Waals surface area contributed by atoms with Crippen LogP contribution in [0.3, 0.4) is 0 Å². The summed E-state index contributed by atoms with van der Waals surface area (Å²) in [6.45, 7) is 0. The van der Waals surface area contributed by atoms with E-state index in [1.807, 2.05) is 18.2 Å². The van der Waals surface area contributed by atoms with Gasteiger partial charge in [-0.25, -0.2) is 5.21 Å². The third-order valence-electron chi connectivity index (χ3n) is 1.66. The predicted octanol–water partition coefficient (Wildman–Crippen LogP) is 0.464. The fraction of sp³-hybridized carbons (Fsp3) is 0.100. The van der Waals surface area contributed by atoms with E-state index < -0.39 is 0 Å². The van der Waals surface area contributed by atoms with Crippen LogP contribution in [0.5, 0.6) is 0 Å². The lowest BCUT2D eigenvalue weighted by Crippen LogP contribution is -2.73. The van der Waals surface area contributed by atoms with Crippen LogP contribution < -0.4 is 5.48 Å². The van der Waals surface area contributed by atoms with Crippen molar-refractivity contribution in [2.45, 2.75) is 6.42 Å². The van der Waals surface area contributed by atoms with Crippen LogP contribution in [0, 0.1) is 0 Å². The molecule has 0 atom stereocenters. The minimum atomic E-state index is 0.680. The van der Waals surface area contributed by atoms with Crippen LogP contribution in [0.1, 0.15) is 6.42 Å². The smallest absolute Gasteiger partial charge is 0.150 e. The lowest BCUT2D eigenvalue weighted by Gasteiger charge is -2.02. The number of allylic oxidation sites excluding steroid dienone is 7. The number of hydrogen-bond acceptors (Lipinski definition) is 2. The lowest BCUT2D eigenvalue weighted by atomic mass is 10.0. The van der Waals surface area contributed by atoms with Gasteiger partial charge < -0.3 is 0 Å². The first-order valence-corrected chi connectivity index (χ1v) is 4.03. The van der Waals surface area contributed by atoms with Gasteiger partial charge in [0.05, 0.1) is 0 Å². The summed E-state index contributed by atoms with van der Waals surface area (Å²) in [6, 6.07) is 0. The van der Waals surface area contributed by atoms with Crippen LogP contribution in [0.4, 0.5) is 0 Å². The Morgan fingerprint density at radius 3 is 3.08 bits per heavy atom. The Bertz CT molecular complexity index is 298. The Morgan fingerprint density at radius 1 is 1.54 bits per heavy atom. The van der Waals surface area contributed by atoms with Crippen LogP contribution in [0.15, 0.2) is 47.7 Å². The van der Waals surface area contributed by atoms with Crippen LogP contribution >= 0.6 is 0 Å². The Balaban J connectivity index is 2.68. The maximum Gasteiger partial charge on any atom is 0.150 e. The number of hydrogen-bond donors (Lipinski definition) is 2. The van der Waals surface area contributed by atoms with Gasteiger partial charge in [0.2, 0.25) is 0 Å². The Morgan fingerprint density at radius 2 is 2.38 bits per heavy atom. The van der Waals surface area contributed by atoms with Crippen molar-refractivity contribution in [2.24, 2.45) is 0 Å². The zero-order valence-electron chi connectivity index (χ0n) is 7.18. The van der Waals surface area contributed by atoms with Crippen molar-refractivity contribution in [3.05, 3.63) is 47.7 Å². The second-order valence-electron chi connectivity index (χ2n) is 2.64. The van der Waals surface area contributed by atoms with Crippen LogP contribution in [0.25, 0.3) is 0 Å². The largest absolute Gasteiger partial charge is 0.298 e. The van der Waals surface area contributed by atoms with E-state index >= 15 is 0 Å². The monoisotopic (exact) mass is 178 g/mol. The second kappa shape index (κ2) is 5.24. The van der Waals surface area contributed by atoms with Crippen molar-refractivity contribution in [3.8, 4) is 0 Å². The van der Waals surface area contributed by atoms with E-state index in [1.54, 1.807) is 12.2 Å². The van der Waals surface area contributed by atoms with Gasteiger partial charge in [0, 0.05) is 5.57 Å². The predicted molar refractivity (Wildman–Crippen MR) is 48.8 cm³/mol. The molecule has 0 unspecified atom stereocenters. The minimum Gasteiger partial charge on any atom is -0.298 e. The van der Waals surface area contributed by atoms with Crippen LogP contribution in [-0.4, -0.2) is 11.5 Å². The van der Waals surface area contributed by atoms with Gasteiger partial charge in [-0.1, -0.05) is 18.2 Å². The average Bonchev–Trinajstić information content (AvgIpc) is 2.19. The highest BCUT2D eigenvalue weighted by Gasteiger charge is 1.98. The van der Waals surface area contributed by atoms with Gasteiger partial charge in [0.15, 0.2) is 0 Å². The summed E-state index contributed by atoms with van der Waals surface area (Å²) in [6.07, 6.45) is 12.3. The van der Waals surface area contributed by atoms with E-state index in [-0.39, 0.29) is 0 Å². The molecule has 13 heavy (non-hydrogen) atoms. The highest BCUT2D eigenvalue weighted by atomic mass is 16.5. The molecule has 68 valence electrons. The molecule has 0 bridgehead atoms. The van der Waals surface area contributed by atoms with E-state index in [4.69, 9.17) is 5.21 Å². The molecule has 1 aliphatic rings. The molecular formula is C10H12NO2+. The van der Waals surface area contributed by atoms with Crippen molar-refractivity contribution in [3.63, 3.8) is 0 Å². The number of rotatable bonds is 3. The highest BCUT2D eigenvalue weighted by molar-refractivity contribution is 5.79. The summed E-state index contributed by atoms with van der Waals surface area (Å²) in [5.74, 6) is 0. The molecule has 0 spiro atoms. The lowest BCUT2D eigenvalue weighted by molar-refractivity contribution is -0.838. The Hall–Kier alpha value is -1.45. The number of hydroxylamine groups is 1. The van der Waals surface area contributed by atoms with E-state index in [0.29, 0.717) is 5.57 Å². The number of quaternary nitrogens is 1. The van der Waals surface area contributed by atoms with Gasteiger partial charge in [0.1, 0.15) is 12.5 Å². The molecule has 3 N–H and O–H groups in total. The topological polar surface area (TPSA) is 53.9 Å².